The van der Waals surface area contributed by atoms with Crippen LogP contribution in [0, 0.1) is 4.64 Å². The Kier molecular flexibility index (Phi) is 3.09. The molecule has 3 nitrogen and oxygen atoms in total. The molecule has 0 fully saturated rings. The fourth-order valence-corrected chi connectivity index (χ4v) is 5.81. The molecule has 3 rings (SSSR count). The Morgan fingerprint density at radius 3 is 2.68 bits per heavy atom. The molecule has 0 bridgehead atoms. The summed E-state index contributed by atoms with van der Waals surface area (Å²) in [5.74, 6) is 0. The number of benzene rings is 1. The van der Waals surface area contributed by atoms with Crippen molar-refractivity contribution in [2.45, 2.75) is 5.51 Å². The molecular weight excluding hydrogens is 362 g/mol. The molecule has 1 atom stereocenters. The van der Waals surface area contributed by atoms with Crippen molar-refractivity contribution in [3.63, 3.8) is 0 Å². The van der Waals surface area contributed by atoms with Gasteiger partial charge < -0.3 is 0 Å². The van der Waals surface area contributed by atoms with Gasteiger partial charge in [0.15, 0.2) is 0 Å². The zero-order valence-electron chi connectivity index (χ0n) is 9.09. The van der Waals surface area contributed by atoms with E-state index in [1.54, 1.807) is 0 Å². The molecule has 1 unspecified atom stereocenters. The van der Waals surface area contributed by atoms with Crippen molar-refractivity contribution in [3.8, 4) is 5.13 Å². The maximum atomic E-state index is 12.9. The third-order valence-corrected chi connectivity index (χ3v) is 7.08. The van der Waals surface area contributed by atoms with Crippen molar-refractivity contribution in [1.29, 1.82) is 0 Å². The van der Waals surface area contributed by atoms with Crippen LogP contribution in [0.1, 0.15) is 0 Å². The number of alkyl halides is 3. The monoisotopic (exact) mass is 368 g/mol. The van der Waals surface area contributed by atoms with Gasteiger partial charge in [-0.2, -0.15) is 0 Å². The Balaban J connectivity index is 2.29. The fourth-order valence-electron chi connectivity index (χ4n) is 1.60. The van der Waals surface area contributed by atoms with E-state index in [0.717, 1.165) is 15.2 Å². The van der Waals surface area contributed by atoms with Gasteiger partial charge in [0.25, 0.3) is 0 Å². The van der Waals surface area contributed by atoms with Crippen molar-refractivity contribution in [1.82, 2.24) is 13.8 Å². The Hall–Kier alpha value is -1.02. The van der Waals surface area contributed by atoms with Crippen molar-refractivity contribution in [2.24, 2.45) is 0 Å². The molecule has 0 saturated carbocycles. The van der Waals surface area contributed by atoms with Gasteiger partial charge in [0.05, 0.1) is 0 Å². The minimum absolute atomic E-state index is 0.0892. The van der Waals surface area contributed by atoms with E-state index in [1.165, 1.54) is 3.56 Å². The first-order valence-electron chi connectivity index (χ1n) is 5.01. The molecular formula is C10H5F3N3S2Se+. The van der Waals surface area contributed by atoms with Gasteiger partial charge in [-0.05, 0) is 0 Å². The van der Waals surface area contributed by atoms with E-state index in [4.69, 9.17) is 12.2 Å². The van der Waals surface area contributed by atoms with Gasteiger partial charge in [-0.3, -0.25) is 0 Å². The van der Waals surface area contributed by atoms with Crippen LogP contribution in [0.4, 0.5) is 13.2 Å². The number of aromatic nitrogens is 3. The first kappa shape index (κ1) is 13.0. The van der Waals surface area contributed by atoms with Gasteiger partial charge in [0, 0.05) is 0 Å². The summed E-state index contributed by atoms with van der Waals surface area (Å²) in [7, 11) is -2.07. The molecule has 0 amide bonds. The number of hydrogen-bond donors (Lipinski definition) is 0. The van der Waals surface area contributed by atoms with Crippen LogP contribution in [0.25, 0.3) is 14.8 Å². The first-order chi connectivity index (χ1) is 8.98. The summed E-state index contributed by atoms with van der Waals surface area (Å²) in [6.45, 7) is 0. The summed E-state index contributed by atoms with van der Waals surface area (Å²) in [5, 5.41) is 7.78. The van der Waals surface area contributed by atoms with Crippen LogP contribution in [-0.4, -0.2) is 28.5 Å². The molecule has 0 aliphatic heterocycles. The number of fused-ring (bicyclic) bond motifs is 1. The van der Waals surface area contributed by atoms with Crippen LogP contribution >= 0.6 is 22.7 Å². The Morgan fingerprint density at radius 2 is 2.00 bits per heavy atom. The van der Waals surface area contributed by atoms with Gasteiger partial charge in [-0.1, -0.05) is 0 Å². The van der Waals surface area contributed by atoms with Crippen molar-refractivity contribution in [2.75, 3.05) is 0 Å². The normalized spacial score (nSPS) is 13.1. The summed E-state index contributed by atoms with van der Waals surface area (Å²) in [6.07, 6.45) is 0. The van der Waals surface area contributed by atoms with E-state index in [9.17, 15) is 13.2 Å². The molecule has 9 heteroatoms. The molecule has 0 aliphatic rings. The predicted octanol–water partition coefficient (Wildman–Crippen LogP) is 3.43. The molecule has 2 aromatic heterocycles. The van der Waals surface area contributed by atoms with E-state index in [-0.39, 0.29) is 19.9 Å². The van der Waals surface area contributed by atoms with Gasteiger partial charge in [0.1, 0.15) is 0 Å². The number of hydrogen-bond acceptors (Lipinski definition) is 3. The third-order valence-electron chi connectivity index (χ3n) is 2.41. The Morgan fingerprint density at radius 1 is 1.26 bits per heavy atom. The number of halogens is 3. The van der Waals surface area contributed by atoms with E-state index in [2.05, 4.69) is 10.2 Å². The third kappa shape index (κ3) is 2.16. The molecule has 3 aromatic rings. The Bertz CT molecular complexity index is 802. The SMILES string of the molecule is FC(F)(F)[s+]1cnnc1-n1[se]c2ccccc2c1=S. The molecule has 98 valence electrons. The molecule has 0 aliphatic carbocycles. The average Bonchev–Trinajstić information content (AvgIpc) is 2.94. The van der Waals surface area contributed by atoms with Gasteiger partial charge >= 0.3 is 119 Å². The van der Waals surface area contributed by atoms with E-state index in [1.807, 2.05) is 24.3 Å². The molecule has 2 heterocycles. The second-order valence-electron chi connectivity index (χ2n) is 3.57. The fraction of sp³-hybridized carbons (Fsp3) is 0.100. The minimum atomic E-state index is -4.36. The average molecular weight is 367 g/mol. The van der Waals surface area contributed by atoms with E-state index in [0.29, 0.717) is 4.64 Å². The predicted molar refractivity (Wildman–Crippen MR) is 70.4 cm³/mol. The van der Waals surface area contributed by atoms with Crippen molar-refractivity contribution in [3.05, 3.63) is 34.4 Å². The van der Waals surface area contributed by atoms with Crippen LogP contribution < -0.4 is 0 Å². The molecule has 0 radical (unpaired) electrons. The van der Waals surface area contributed by atoms with Crippen LogP contribution in [0.2, 0.25) is 0 Å². The standard InChI is InChI=1S/C10H5F3N3S2Se/c11-10(12,13)18-5-14-15-9(18)16-8(17)6-3-1-2-4-7(6)19-16/h1-5H/q+1. The quantitative estimate of drug-likeness (QED) is 0.375. The number of nitrogens with zero attached hydrogens (tertiary/aromatic N) is 3. The van der Waals surface area contributed by atoms with Crippen LogP contribution in [-0.2, 0) is 5.51 Å². The summed E-state index contributed by atoms with van der Waals surface area (Å²) in [6, 6.07) is 7.37. The second kappa shape index (κ2) is 4.52. The van der Waals surface area contributed by atoms with Gasteiger partial charge in [-0.25, -0.2) is 0 Å². The molecule has 0 saturated heterocycles. The zero-order valence-corrected chi connectivity index (χ0v) is 12.4. The summed E-state index contributed by atoms with van der Waals surface area (Å²) in [4.78, 5) is 0. The van der Waals surface area contributed by atoms with Crippen LogP contribution in [0.3, 0.4) is 0 Å². The van der Waals surface area contributed by atoms with E-state index >= 15 is 0 Å². The second-order valence-corrected chi connectivity index (χ2v) is 7.75. The van der Waals surface area contributed by atoms with E-state index < -0.39 is 16.0 Å². The molecule has 0 spiro atoms. The number of rotatable bonds is 1. The molecule has 1 aromatic carbocycles. The van der Waals surface area contributed by atoms with Gasteiger partial charge in [-0.15, -0.1) is 0 Å². The topological polar surface area (TPSA) is 30.7 Å². The van der Waals surface area contributed by atoms with Crippen LogP contribution in [0.5, 0.6) is 0 Å². The summed E-state index contributed by atoms with van der Waals surface area (Å²) >= 11 is 4.94. The molecule has 19 heavy (non-hydrogen) atoms. The summed E-state index contributed by atoms with van der Waals surface area (Å²) in [5.41, 5.74) is -3.52. The van der Waals surface area contributed by atoms with Gasteiger partial charge in [0.2, 0.25) is 0 Å². The molecule has 0 N–H and O–H groups in total. The van der Waals surface area contributed by atoms with Crippen LogP contribution in [0.15, 0.2) is 29.8 Å². The zero-order chi connectivity index (χ0) is 13.6. The van der Waals surface area contributed by atoms with Crippen molar-refractivity contribution >= 4 is 47.1 Å². The first-order valence-corrected chi connectivity index (χ1v) is 8.33. The maximum absolute atomic E-state index is 12.9. The Labute approximate surface area is 119 Å². The van der Waals surface area contributed by atoms with Crippen molar-refractivity contribution < 1.29 is 13.2 Å². The summed E-state index contributed by atoms with van der Waals surface area (Å²) < 4.78 is 41.6.